The summed E-state index contributed by atoms with van der Waals surface area (Å²) in [4.78, 5) is 5.43. The van der Waals surface area contributed by atoms with Crippen molar-refractivity contribution in [3.63, 3.8) is 0 Å². The van der Waals surface area contributed by atoms with E-state index in [0.29, 0.717) is 5.92 Å². The van der Waals surface area contributed by atoms with Crippen molar-refractivity contribution in [1.29, 1.82) is 0 Å². The number of aromatic nitrogens is 2. The Hall–Kier alpha value is -9.37. The molecule has 0 fully saturated rings. The van der Waals surface area contributed by atoms with Gasteiger partial charge in [-0.05, 0) is 163 Å². The van der Waals surface area contributed by atoms with Crippen LogP contribution in [-0.4, -0.2) is 9.55 Å². The molecule has 346 valence electrons. The van der Waals surface area contributed by atoms with Crippen molar-refractivity contribution >= 4 is 87.4 Å². The third-order valence-electron chi connectivity index (χ3n) is 15.8. The first-order chi connectivity index (χ1) is 36.6. The summed E-state index contributed by atoms with van der Waals surface area (Å²) in [6.07, 6.45) is 3.34. The maximum Gasteiger partial charge on any atom is 0.145 e. The number of hydrogen-bond acceptors (Lipinski definition) is 1. The molecule has 0 radical (unpaired) electrons. The largest absolute Gasteiger partial charge is 0.295 e. The van der Waals surface area contributed by atoms with Crippen LogP contribution < -0.4 is 10.4 Å². The van der Waals surface area contributed by atoms with Crippen molar-refractivity contribution in [3.8, 4) is 55.9 Å². The maximum absolute atomic E-state index is 5.43. The molecule has 1 unspecified atom stereocenters. The van der Waals surface area contributed by atoms with Gasteiger partial charge in [0.2, 0.25) is 0 Å². The van der Waals surface area contributed by atoms with Gasteiger partial charge in [-0.3, -0.25) is 4.57 Å². The molecule has 15 rings (SSSR count). The number of para-hydroxylation sites is 2. The highest BCUT2D eigenvalue weighted by atomic mass is 15.1. The molecular weight excluding hydrogens is 893 g/mol. The van der Waals surface area contributed by atoms with Crippen LogP contribution in [0.3, 0.4) is 0 Å². The Balaban J connectivity index is 0.976. The predicted octanol–water partition coefficient (Wildman–Crippen LogP) is 17.8. The highest BCUT2D eigenvalue weighted by Crippen LogP contribution is 2.49. The number of fused-ring (bicyclic) bond motifs is 8. The highest BCUT2D eigenvalue weighted by molar-refractivity contribution is 6.25. The zero-order valence-electron chi connectivity index (χ0n) is 40.9. The summed E-state index contributed by atoms with van der Waals surface area (Å²) in [7, 11) is 0. The molecule has 0 N–H and O–H groups in total. The summed E-state index contributed by atoms with van der Waals surface area (Å²) in [5.41, 5.74) is 14.3. The van der Waals surface area contributed by atoms with E-state index < -0.39 is 0 Å². The normalized spacial score (nSPS) is 13.6. The number of benzene rings is 13. The lowest BCUT2D eigenvalue weighted by Gasteiger charge is -2.21. The summed E-state index contributed by atoms with van der Waals surface area (Å²) < 4.78 is 2.44. The molecule has 0 saturated heterocycles. The van der Waals surface area contributed by atoms with Gasteiger partial charge in [0, 0.05) is 16.5 Å². The van der Waals surface area contributed by atoms with Crippen LogP contribution >= 0.6 is 0 Å². The molecule has 0 aliphatic heterocycles. The third-order valence-corrected chi connectivity index (χ3v) is 15.8. The first kappa shape index (κ1) is 42.3. The summed E-state index contributed by atoms with van der Waals surface area (Å²) in [5.74, 6) is 1.36. The van der Waals surface area contributed by atoms with Crippen LogP contribution in [0.5, 0.6) is 0 Å². The van der Waals surface area contributed by atoms with Gasteiger partial charge in [-0.1, -0.05) is 225 Å². The zero-order valence-corrected chi connectivity index (χ0v) is 40.9. The van der Waals surface area contributed by atoms with Crippen molar-refractivity contribution in [2.45, 2.75) is 13.3 Å². The number of nitrogens with zero attached hydrogens (tertiary/aromatic N) is 2. The Morgan fingerprint density at radius 3 is 1.41 bits per heavy atom. The molecule has 1 aliphatic rings. The van der Waals surface area contributed by atoms with Crippen molar-refractivity contribution in [2.75, 3.05) is 0 Å². The lowest BCUT2D eigenvalue weighted by atomic mass is 9.82. The molecule has 14 aromatic rings. The van der Waals surface area contributed by atoms with E-state index in [1.807, 2.05) is 0 Å². The molecule has 2 heteroatoms. The number of rotatable bonds is 6. The molecule has 13 aromatic carbocycles. The van der Waals surface area contributed by atoms with Crippen molar-refractivity contribution in [1.82, 2.24) is 9.55 Å². The summed E-state index contributed by atoms with van der Waals surface area (Å²) in [6.45, 7) is 2.32. The third kappa shape index (κ3) is 6.69. The van der Waals surface area contributed by atoms with Crippen molar-refractivity contribution < 1.29 is 0 Å². The molecule has 1 atom stereocenters. The van der Waals surface area contributed by atoms with Gasteiger partial charge in [-0.25, -0.2) is 4.98 Å². The van der Waals surface area contributed by atoms with Crippen LogP contribution in [0.4, 0.5) is 0 Å². The van der Waals surface area contributed by atoms with E-state index in [1.54, 1.807) is 0 Å². The van der Waals surface area contributed by atoms with Crippen LogP contribution in [0, 0.1) is 5.92 Å². The van der Waals surface area contributed by atoms with Gasteiger partial charge in [0.25, 0.3) is 0 Å². The minimum absolute atomic E-state index is 0.398. The van der Waals surface area contributed by atoms with E-state index in [1.165, 1.54) is 125 Å². The van der Waals surface area contributed by atoms with E-state index >= 15 is 0 Å². The van der Waals surface area contributed by atoms with Crippen LogP contribution in [0.25, 0.3) is 143 Å². The number of imidazole rings is 1. The molecule has 0 amide bonds. The van der Waals surface area contributed by atoms with Gasteiger partial charge in [0.05, 0.1) is 11.0 Å². The van der Waals surface area contributed by atoms with Gasteiger partial charge in [-0.2, -0.15) is 0 Å². The molecule has 0 saturated carbocycles. The topological polar surface area (TPSA) is 17.8 Å². The van der Waals surface area contributed by atoms with Crippen molar-refractivity contribution in [3.05, 3.63) is 259 Å². The van der Waals surface area contributed by atoms with E-state index in [4.69, 9.17) is 4.98 Å². The Kier molecular flexibility index (Phi) is 9.65. The fraction of sp³-hybridized carbons (Fsp3) is 0.0417. The quantitative estimate of drug-likeness (QED) is 0.152. The first-order valence-corrected chi connectivity index (χ1v) is 25.9. The van der Waals surface area contributed by atoms with E-state index in [9.17, 15) is 0 Å². The van der Waals surface area contributed by atoms with Crippen LogP contribution in [-0.2, 0) is 0 Å². The summed E-state index contributed by atoms with van der Waals surface area (Å²) in [5, 5.41) is 17.4. The average molecular weight is 941 g/mol. The minimum Gasteiger partial charge on any atom is -0.295 e. The highest BCUT2D eigenvalue weighted by Gasteiger charge is 2.24. The lowest BCUT2D eigenvalue weighted by molar-refractivity contribution is 0.758. The minimum atomic E-state index is 0.398. The maximum atomic E-state index is 5.43. The molecule has 1 aromatic heterocycles. The second kappa shape index (κ2) is 16.9. The van der Waals surface area contributed by atoms with E-state index in [2.05, 4.69) is 266 Å². The monoisotopic (exact) mass is 940 g/mol. The fourth-order valence-electron chi connectivity index (χ4n) is 12.6. The van der Waals surface area contributed by atoms with Gasteiger partial charge in [-0.15, -0.1) is 0 Å². The van der Waals surface area contributed by atoms with Crippen LogP contribution in [0.15, 0.2) is 249 Å². The molecule has 1 heterocycles. The van der Waals surface area contributed by atoms with Gasteiger partial charge < -0.3 is 0 Å². The Labute approximate surface area is 429 Å². The Bertz CT molecular complexity index is 4730. The second-order valence-corrected chi connectivity index (χ2v) is 20.2. The summed E-state index contributed by atoms with van der Waals surface area (Å²) >= 11 is 0. The predicted molar refractivity (Wildman–Crippen MR) is 315 cm³/mol. The Morgan fingerprint density at radius 1 is 0.351 bits per heavy atom. The Morgan fingerprint density at radius 2 is 0.797 bits per heavy atom. The molecule has 0 spiro atoms. The smallest absolute Gasteiger partial charge is 0.145 e. The van der Waals surface area contributed by atoms with E-state index in [0.717, 1.165) is 28.8 Å². The fourth-order valence-corrected chi connectivity index (χ4v) is 12.6. The molecule has 2 nitrogen and oxygen atoms in total. The number of hydrogen-bond donors (Lipinski definition) is 0. The average Bonchev–Trinajstić information content (AvgIpc) is 3.88. The SMILES string of the molecule is CC1C=c2ccccc2=C(n2c(-c3cccc(-c4c5ccccc5c(-c5ccc6c(-c7ccc8ccccc8c7)c7ccccc7c(-c7ccc8ccccc8c7)c6c5)c5ccccc45)c3)nc3ccccc32)C1. The molecule has 1 aliphatic carbocycles. The van der Waals surface area contributed by atoms with Gasteiger partial charge in [0.1, 0.15) is 5.82 Å². The zero-order chi connectivity index (χ0) is 48.9. The van der Waals surface area contributed by atoms with Crippen molar-refractivity contribution in [2.24, 2.45) is 5.92 Å². The molecule has 0 bridgehead atoms. The lowest BCUT2D eigenvalue weighted by Crippen LogP contribution is -2.33. The van der Waals surface area contributed by atoms with Gasteiger partial charge >= 0.3 is 0 Å². The standard InChI is InChI=1S/C72H48N2/c1-45-39-50-21-6-7-24-56(50)67(40-45)74-66-32-15-14-31-65(66)73-72(74)55-23-16-22-51(43-55)68-57-25-8-10-27-59(57)70(60-28-11-9-26-58(60)68)54-37-38-63-64(44-54)71(53-36-34-47-18-3-5-20-49(47)42-53)62-30-13-12-29-61(62)69(63)52-35-33-46-17-2-4-19-48(46)41-52/h2-39,41-45H,40H2,1H3. The van der Waals surface area contributed by atoms with Crippen LogP contribution in [0.1, 0.15) is 13.3 Å². The summed E-state index contributed by atoms with van der Waals surface area (Å²) in [6, 6.07) is 92.3. The first-order valence-electron chi connectivity index (χ1n) is 25.9. The van der Waals surface area contributed by atoms with Gasteiger partial charge in [0.15, 0.2) is 0 Å². The van der Waals surface area contributed by atoms with Crippen LogP contribution in [0.2, 0.25) is 0 Å². The molecular formula is C72H48N2. The van der Waals surface area contributed by atoms with E-state index in [-0.39, 0.29) is 0 Å². The second-order valence-electron chi connectivity index (χ2n) is 20.2. The molecule has 74 heavy (non-hydrogen) atoms.